The van der Waals surface area contributed by atoms with Crippen molar-refractivity contribution in [3.63, 3.8) is 0 Å². The number of rotatable bonds is 7. The Kier molecular flexibility index (Phi) is 5.58. The van der Waals surface area contributed by atoms with Crippen molar-refractivity contribution in [3.8, 4) is 16.9 Å². The summed E-state index contributed by atoms with van der Waals surface area (Å²) in [5.74, 6) is 0. The summed E-state index contributed by atoms with van der Waals surface area (Å²) >= 11 is 0. The number of aromatic nitrogens is 4. The molecule has 0 saturated carbocycles. The van der Waals surface area contributed by atoms with Crippen LogP contribution in [0.4, 0.5) is 0 Å². The molecule has 0 radical (unpaired) electrons. The summed E-state index contributed by atoms with van der Waals surface area (Å²) in [6, 6.07) is 16.9. The van der Waals surface area contributed by atoms with E-state index in [-0.39, 0.29) is 0 Å². The van der Waals surface area contributed by atoms with Crippen LogP contribution in [0.25, 0.3) is 16.9 Å². The number of nitrogens with zero attached hydrogens (tertiary/aromatic N) is 4. The maximum absolute atomic E-state index is 4.96. The summed E-state index contributed by atoms with van der Waals surface area (Å²) in [5, 5.41) is 12.9. The Morgan fingerprint density at radius 1 is 0.966 bits per heavy atom. The number of benzene rings is 2. The fourth-order valence-corrected chi connectivity index (χ4v) is 3.48. The van der Waals surface area contributed by atoms with Gasteiger partial charge in [-0.1, -0.05) is 42.5 Å². The van der Waals surface area contributed by atoms with Crippen LogP contribution in [0.1, 0.15) is 29.2 Å². The molecule has 0 bridgehead atoms. The van der Waals surface area contributed by atoms with Crippen LogP contribution in [0.15, 0.2) is 67.1 Å². The molecule has 0 aliphatic carbocycles. The minimum atomic E-state index is 0.742. The minimum absolute atomic E-state index is 0.742. The van der Waals surface area contributed by atoms with E-state index in [2.05, 4.69) is 86.0 Å². The zero-order valence-corrected chi connectivity index (χ0v) is 17.3. The molecular weight excluding hydrogens is 358 g/mol. The first-order valence-electron chi connectivity index (χ1n) is 10.1. The molecule has 4 aromatic rings. The fourth-order valence-electron chi connectivity index (χ4n) is 3.48. The van der Waals surface area contributed by atoms with Crippen LogP contribution in [-0.4, -0.2) is 19.6 Å². The van der Waals surface area contributed by atoms with Crippen LogP contribution in [-0.2, 0) is 19.6 Å². The van der Waals surface area contributed by atoms with Gasteiger partial charge < -0.3 is 5.32 Å². The minimum Gasteiger partial charge on any atom is -0.308 e. The lowest BCUT2D eigenvalue weighted by molar-refractivity contribution is 0.655. The highest BCUT2D eigenvalue weighted by Crippen LogP contribution is 2.25. The zero-order valence-electron chi connectivity index (χ0n) is 17.3. The molecule has 148 valence electrons. The van der Waals surface area contributed by atoms with Gasteiger partial charge in [-0.25, -0.2) is 4.68 Å². The maximum atomic E-state index is 4.96. The molecule has 2 aromatic carbocycles. The lowest BCUT2D eigenvalue weighted by Crippen LogP contribution is -2.12. The molecule has 2 heterocycles. The maximum Gasteiger partial charge on any atom is 0.0972 e. The van der Waals surface area contributed by atoms with Crippen molar-refractivity contribution in [2.75, 3.05) is 0 Å². The topological polar surface area (TPSA) is 47.7 Å². The molecule has 0 fully saturated rings. The van der Waals surface area contributed by atoms with Gasteiger partial charge in [0.25, 0.3) is 0 Å². The predicted molar refractivity (Wildman–Crippen MR) is 117 cm³/mol. The average molecular weight is 386 g/mol. The predicted octanol–water partition coefficient (Wildman–Crippen LogP) is 4.66. The third-order valence-corrected chi connectivity index (χ3v) is 5.10. The molecule has 0 amide bonds. The Bertz CT molecular complexity index is 1090. The van der Waals surface area contributed by atoms with Crippen molar-refractivity contribution in [1.82, 2.24) is 24.9 Å². The Labute approximate surface area is 172 Å². The van der Waals surface area contributed by atoms with Crippen LogP contribution >= 0.6 is 0 Å². The Morgan fingerprint density at radius 2 is 1.79 bits per heavy atom. The Balaban J connectivity index is 1.62. The highest BCUT2D eigenvalue weighted by Gasteiger charge is 2.13. The van der Waals surface area contributed by atoms with Crippen molar-refractivity contribution < 1.29 is 0 Å². The molecule has 29 heavy (non-hydrogen) atoms. The van der Waals surface area contributed by atoms with E-state index in [0.29, 0.717) is 0 Å². The summed E-state index contributed by atoms with van der Waals surface area (Å²) < 4.78 is 3.96. The molecule has 0 unspecified atom stereocenters. The van der Waals surface area contributed by atoms with Crippen LogP contribution < -0.4 is 5.32 Å². The van der Waals surface area contributed by atoms with Gasteiger partial charge in [0.05, 0.1) is 17.6 Å². The van der Waals surface area contributed by atoms with E-state index in [9.17, 15) is 0 Å². The molecule has 0 aliphatic heterocycles. The monoisotopic (exact) mass is 385 g/mol. The fraction of sp³-hybridized carbons (Fsp3) is 0.250. The van der Waals surface area contributed by atoms with Crippen LogP contribution in [0.3, 0.4) is 0 Å². The molecule has 0 spiro atoms. The summed E-state index contributed by atoms with van der Waals surface area (Å²) in [6.07, 6.45) is 6.16. The van der Waals surface area contributed by atoms with Gasteiger partial charge in [-0.15, -0.1) is 0 Å². The largest absolute Gasteiger partial charge is 0.308 e. The van der Waals surface area contributed by atoms with E-state index in [0.717, 1.165) is 36.6 Å². The molecular formula is C24H27N5. The van der Waals surface area contributed by atoms with E-state index < -0.39 is 0 Å². The van der Waals surface area contributed by atoms with Crippen LogP contribution in [0.2, 0.25) is 0 Å². The molecule has 0 saturated heterocycles. The quantitative estimate of drug-likeness (QED) is 0.503. The first-order valence-corrected chi connectivity index (χ1v) is 10.1. The van der Waals surface area contributed by atoms with Crippen molar-refractivity contribution >= 4 is 0 Å². The van der Waals surface area contributed by atoms with Gasteiger partial charge in [0.15, 0.2) is 0 Å². The normalized spacial score (nSPS) is 11.1. The first-order chi connectivity index (χ1) is 14.1. The zero-order chi connectivity index (χ0) is 20.2. The van der Waals surface area contributed by atoms with E-state index in [1.54, 1.807) is 0 Å². The van der Waals surface area contributed by atoms with E-state index in [1.165, 1.54) is 22.3 Å². The first kappa shape index (κ1) is 19.2. The molecule has 4 rings (SSSR count). The van der Waals surface area contributed by atoms with Crippen molar-refractivity contribution in [3.05, 3.63) is 89.4 Å². The molecule has 0 aliphatic rings. The smallest absolute Gasteiger partial charge is 0.0972 e. The second-order valence-electron chi connectivity index (χ2n) is 7.41. The van der Waals surface area contributed by atoms with E-state index in [1.807, 2.05) is 21.6 Å². The van der Waals surface area contributed by atoms with E-state index in [4.69, 9.17) is 5.10 Å². The SMILES string of the molecule is CCn1cc(CNCc2cn(-c3cc(C)ccc3C)nc2-c2ccccc2)cn1. The molecule has 5 nitrogen and oxygen atoms in total. The van der Waals surface area contributed by atoms with E-state index >= 15 is 0 Å². The number of hydrogen-bond donors (Lipinski definition) is 1. The van der Waals surface area contributed by atoms with Gasteiger partial charge in [0.1, 0.15) is 0 Å². The third-order valence-electron chi connectivity index (χ3n) is 5.10. The van der Waals surface area contributed by atoms with Crippen molar-refractivity contribution in [1.29, 1.82) is 0 Å². The Morgan fingerprint density at radius 3 is 2.55 bits per heavy atom. The summed E-state index contributed by atoms with van der Waals surface area (Å²) in [7, 11) is 0. The lowest BCUT2D eigenvalue weighted by Gasteiger charge is -2.06. The lowest BCUT2D eigenvalue weighted by atomic mass is 10.1. The second kappa shape index (κ2) is 8.45. The molecule has 1 N–H and O–H groups in total. The average Bonchev–Trinajstić information content (AvgIpc) is 3.38. The van der Waals surface area contributed by atoms with Crippen molar-refractivity contribution in [2.45, 2.75) is 40.4 Å². The van der Waals surface area contributed by atoms with Gasteiger partial charge in [0.2, 0.25) is 0 Å². The van der Waals surface area contributed by atoms with Gasteiger partial charge in [-0.05, 0) is 38.0 Å². The van der Waals surface area contributed by atoms with Crippen molar-refractivity contribution in [2.24, 2.45) is 0 Å². The van der Waals surface area contributed by atoms with Gasteiger partial charge >= 0.3 is 0 Å². The number of nitrogens with one attached hydrogen (secondary N) is 1. The van der Waals surface area contributed by atoms with Gasteiger partial charge in [0, 0.05) is 48.7 Å². The number of hydrogen-bond acceptors (Lipinski definition) is 3. The molecule has 2 aromatic heterocycles. The Hall–Kier alpha value is -3.18. The van der Waals surface area contributed by atoms with Gasteiger partial charge in [-0.3, -0.25) is 4.68 Å². The summed E-state index contributed by atoms with van der Waals surface area (Å²) in [6.45, 7) is 8.75. The summed E-state index contributed by atoms with van der Waals surface area (Å²) in [5.41, 5.74) is 8.09. The van der Waals surface area contributed by atoms with Crippen LogP contribution in [0.5, 0.6) is 0 Å². The molecule has 0 atom stereocenters. The highest BCUT2D eigenvalue weighted by atomic mass is 15.3. The summed E-state index contributed by atoms with van der Waals surface area (Å²) in [4.78, 5) is 0. The standard InChI is InChI=1S/C24H27N5/c1-4-28-16-20(14-26-28)13-25-15-22-17-29(23-12-18(2)10-11-19(23)3)27-24(22)21-8-6-5-7-9-21/h5-12,14,16-17,25H,4,13,15H2,1-3H3. The van der Waals surface area contributed by atoms with Crippen LogP contribution in [0, 0.1) is 13.8 Å². The molecule has 5 heteroatoms. The van der Waals surface area contributed by atoms with Gasteiger partial charge in [-0.2, -0.15) is 10.2 Å². The second-order valence-corrected chi connectivity index (χ2v) is 7.41. The third kappa shape index (κ3) is 4.30. The number of aryl methyl sites for hydroxylation is 3. The highest BCUT2D eigenvalue weighted by molar-refractivity contribution is 5.63.